The first kappa shape index (κ1) is 18.2. The Morgan fingerprint density at radius 3 is 2.73 bits per heavy atom. The SMILES string of the molecule is C#CCC[C@H](/C=C/C(=O)OCC)SCc1ccc(OC)cc1. The van der Waals surface area contributed by atoms with Crippen LogP contribution in [0, 0.1) is 12.3 Å². The fourth-order valence-electron chi connectivity index (χ4n) is 1.76. The maximum absolute atomic E-state index is 11.4. The Labute approximate surface area is 137 Å². The van der Waals surface area contributed by atoms with Crippen molar-refractivity contribution in [3.8, 4) is 18.1 Å². The van der Waals surface area contributed by atoms with E-state index in [0.29, 0.717) is 13.0 Å². The minimum Gasteiger partial charge on any atom is -0.497 e. The van der Waals surface area contributed by atoms with Crippen LogP contribution < -0.4 is 4.74 Å². The maximum atomic E-state index is 11.4. The molecule has 118 valence electrons. The fourth-order valence-corrected chi connectivity index (χ4v) is 2.84. The van der Waals surface area contributed by atoms with Gasteiger partial charge in [-0.1, -0.05) is 18.2 Å². The van der Waals surface area contributed by atoms with Gasteiger partial charge in [-0.05, 0) is 31.0 Å². The Bertz CT molecular complexity index is 514. The van der Waals surface area contributed by atoms with Crippen molar-refractivity contribution in [3.63, 3.8) is 0 Å². The molecule has 1 aromatic carbocycles. The predicted octanol–water partition coefficient (Wildman–Crippen LogP) is 3.83. The van der Waals surface area contributed by atoms with Crippen molar-refractivity contribution in [2.24, 2.45) is 0 Å². The second kappa shape index (κ2) is 10.8. The van der Waals surface area contributed by atoms with Crippen LogP contribution in [-0.2, 0) is 15.3 Å². The number of methoxy groups -OCH3 is 1. The number of rotatable bonds is 9. The fraction of sp³-hybridized carbons (Fsp3) is 0.389. The molecule has 0 aromatic heterocycles. The molecular weight excluding hydrogens is 296 g/mol. The lowest BCUT2D eigenvalue weighted by Crippen LogP contribution is -2.03. The summed E-state index contributed by atoms with van der Waals surface area (Å²) >= 11 is 1.76. The summed E-state index contributed by atoms with van der Waals surface area (Å²) in [4.78, 5) is 11.4. The van der Waals surface area contributed by atoms with Crippen LogP contribution in [0.2, 0.25) is 0 Å². The van der Waals surface area contributed by atoms with Crippen molar-refractivity contribution < 1.29 is 14.3 Å². The number of carbonyl (C=O) groups is 1. The Hall–Kier alpha value is -1.86. The second-order valence-electron chi connectivity index (χ2n) is 4.55. The van der Waals surface area contributed by atoms with E-state index in [2.05, 4.69) is 5.92 Å². The molecule has 0 N–H and O–H groups in total. The third kappa shape index (κ3) is 7.24. The zero-order valence-corrected chi connectivity index (χ0v) is 13.9. The van der Waals surface area contributed by atoms with Crippen molar-refractivity contribution in [1.82, 2.24) is 0 Å². The molecule has 1 rings (SSSR count). The molecule has 0 saturated carbocycles. The Balaban J connectivity index is 2.56. The normalized spacial score (nSPS) is 11.9. The van der Waals surface area contributed by atoms with Crippen LogP contribution in [0.5, 0.6) is 5.75 Å². The van der Waals surface area contributed by atoms with Crippen LogP contribution >= 0.6 is 11.8 Å². The van der Waals surface area contributed by atoms with E-state index in [1.54, 1.807) is 25.8 Å². The number of esters is 1. The molecule has 0 amide bonds. The number of thioether (sulfide) groups is 1. The molecule has 0 aliphatic carbocycles. The first-order chi connectivity index (χ1) is 10.7. The number of hydrogen-bond acceptors (Lipinski definition) is 4. The maximum Gasteiger partial charge on any atom is 0.330 e. The van der Waals surface area contributed by atoms with E-state index in [0.717, 1.165) is 17.9 Å². The van der Waals surface area contributed by atoms with Crippen LogP contribution in [0.3, 0.4) is 0 Å². The molecule has 1 atom stereocenters. The number of ether oxygens (including phenoxy) is 2. The van der Waals surface area contributed by atoms with Crippen LogP contribution in [0.4, 0.5) is 0 Å². The Kier molecular flexibility index (Phi) is 8.94. The summed E-state index contributed by atoms with van der Waals surface area (Å²) in [5.41, 5.74) is 1.21. The number of carbonyl (C=O) groups excluding carboxylic acids is 1. The van der Waals surface area contributed by atoms with E-state index in [1.807, 2.05) is 30.3 Å². The van der Waals surface area contributed by atoms with E-state index in [9.17, 15) is 4.79 Å². The van der Waals surface area contributed by atoms with Crippen LogP contribution in [0.1, 0.15) is 25.3 Å². The van der Waals surface area contributed by atoms with Gasteiger partial charge < -0.3 is 9.47 Å². The van der Waals surface area contributed by atoms with Crippen molar-refractivity contribution in [2.45, 2.75) is 30.8 Å². The Morgan fingerprint density at radius 1 is 1.41 bits per heavy atom. The molecule has 0 bridgehead atoms. The second-order valence-corrected chi connectivity index (χ2v) is 5.78. The van der Waals surface area contributed by atoms with Gasteiger partial charge in [0.2, 0.25) is 0 Å². The van der Waals surface area contributed by atoms with Gasteiger partial charge in [-0.3, -0.25) is 0 Å². The molecule has 0 spiro atoms. The van der Waals surface area contributed by atoms with Crippen LogP contribution in [-0.4, -0.2) is 24.9 Å². The number of terminal acetylenes is 1. The van der Waals surface area contributed by atoms with E-state index < -0.39 is 0 Å². The summed E-state index contributed by atoms with van der Waals surface area (Å²) in [5.74, 6) is 4.04. The highest BCUT2D eigenvalue weighted by Crippen LogP contribution is 2.24. The molecular formula is C18H22O3S. The quantitative estimate of drug-likeness (QED) is 0.394. The van der Waals surface area contributed by atoms with E-state index in [4.69, 9.17) is 15.9 Å². The average molecular weight is 318 g/mol. The molecule has 0 fully saturated rings. The molecule has 1 aromatic rings. The van der Waals surface area contributed by atoms with Gasteiger partial charge in [-0.2, -0.15) is 0 Å². The lowest BCUT2D eigenvalue weighted by Gasteiger charge is -2.11. The highest BCUT2D eigenvalue weighted by molar-refractivity contribution is 7.99. The van der Waals surface area contributed by atoms with Crippen molar-refractivity contribution in [1.29, 1.82) is 0 Å². The van der Waals surface area contributed by atoms with Crippen molar-refractivity contribution in [2.75, 3.05) is 13.7 Å². The van der Waals surface area contributed by atoms with Gasteiger partial charge in [0, 0.05) is 23.5 Å². The highest BCUT2D eigenvalue weighted by Gasteiger charge is 2.07. The van der Waals surface area contributed by atoms with E-state index in [1.165, 1.54) is 11.6 Å². The predicted molar refractivity (Wildman–Crippen MR) is 91.9 cm³/mol. The van der Waals surface area contributed by atoms with Crippen molar-refractivity contribution >= 4 is 17.7 Å². The van der Waals surface area contributed by atoms with E-state index >= 15 is 0 Å². The summed E-state index contributed by atoms with van der Waals surface area (Å²) in [6, 6.07) is 7.97. The zero-order chi connectivity index (χ0) is 16.2. The molecule has 4 heteroatoms. The molecule has 0 aliphatic rings. The standard InChI is InChI=1S/C18H22O3S/c1-4-6-7-17(12-13-18(19)21-5-2)22-14-15-8-10-16(20-3)11-9-15/h1,8-13,17H,5-7,14H2,2-3H3/b13-12+/t17-/m1/s1. The third-order valence-electron chi connectivity index (χ3n) is 2.93. The summed E-state index contributed by atoms with van der Waals surface area (Å²) in [6.07, 6.45) is 10.2. The van der Waals surface area contributed by atoms with Gasteiger partial charge in [-0.25, -0.2) is 4.79 Å². The number of hydrogen-bond donors (Lipinski definition) is 0. The molecule has 0 heterocycles. The zero-order valence-electron chi connectivity index (χ0n) is 13.1. The molecule has 22 heavy (non-hydrogen) atoms. The molecule has 0 radical (unpaired) electrons. The summed E-state index contributed by atoms with van der Waals surface area (Å²) in [6.45, 7) is 2.18. The average Bonchev–Trinajstić information content (AvgIpc) is 2.55. The monoisotopic (exact) mass is 318 g/mol. The minimum absolute atomic E-state index is 0.197. The summed E-state index contributed by atoms with van der Waals surface area (Å²) in [5, 5.41) is 0.197. The van der Waals surface area contributed by atoms with Crippen LogP contribution in [0.15, 0.2) is 36.4 Å². The van der Waals surface area contributed by atoms with Gasteiger partial charge in [0.25, 0.3) is 0 Å². The minimum atomic E-state index is -0.307. The Morgan fingerprint density at radius 2 is 2.14 bits per heavy atom. The van der Waals surface area contributed by atoms with Gasteiger partial charge in [0.05, 0.1) is 13.7 Å². The van der Waals surface area contributed by atoms with Gasteiger partial charge >= 0.3 is 5.97 Å². The lowest BCUT2D eigenvalue weighted by atomic mass is 10.2. The van der Waals surface area contributed by atoms with Gasteiger partial charge in [0.1, 0.15) is 5.75 Å². The van der Waals surface area contributed by atoms with Gasteiger partial charge in [0.15, 0.2) is 0 Å². The summed E-state index contributed by atoms with van der Waals surface area (Å²) < 4.78 is 10.0. The highest BCUT2D eigenvalue weighted by atomic mass is 32.2. The third-order valence-corrected chi connectivity index (χ3v) is 4.25. The summed E-state index contributed by atoms with van der Waals surface area (Å²) in [7, 11) is 1.65. The first-order valence-corrected chi connectivity index (χ1v) is 8.27. The molecule has 0 unspecified atom stereocenters. The van der Waals surface area contributed by atoms with Crippen molar-refractivity contribution in [3.05, 3.63) is 42.0 Å². The van der Waals surface area contributed by atoms with Crippen LogP contribution in [0.25, 0.3) is 0 Å². The topological polar surface area (TPSA) is 35.5 Å². The number of benzene rings is 1. The molecule has 3 nitrogen and oxygen atoms in total. The molecule has 0 aliphatic heterocycles. The lowest BCUT2D eigenvalue weighted by molar-refractivity contribution is -0.137. The molecule has 0 saturated heterocycles. The smallest absolute Gasteiger partial charge is 0.330 e. The largest absolute Gasteiger partial charge is 0.497 e. The van der Waals surface area contributed by atoms with Gasteiger partial charge in [-0.15, -0.1) is 24.1 Å². The van der Waals surface area contributed by atoms with E-state index in [-0.39, 0.29) is 11.2 Å². The first-order valence-electron chi connectivity index (χ1n) is 7.22.